The molecule has 1 aliphatic rings. The van der Waals surface area contributed by atoms with E-state index in [0.717, 1.165) is 17.8 Å². The number of nitrogens with two attached hydrogens (primary N) is 1. The van der Waals surface area contributed by atoms with Crippen molar-refractivity contribution in [2.24, 2.45) is 5.73 Å². The molecule has 22 heavy (non-hydrogen) atoms. The molecule has 1 aromatic carbocycles. The molecule has 118 valence electrons. The van der Waals surface area contributed by atoms with Crippen LogP contribution < -0.4 is 5.73 Å². The van der Waals surface area contributed by atoms with Gasteiger partial charge in [-0.2, -0.15) is 5.10 Å². The molecule has 2 N–H and O–H groups in total. The summed E-state index contributed by atoms with van der Waals surface area (Å²) in [4.78, 5) is 14.3. The number of halogens is 2. The van der Waals surface area contributed by atoms with Crippen molar-refractivity contribution >= 4 is 29.9 Å². The summed E-state index contributed by atoms with van der Waals surface area (Å²) in [5.74, 6) is -0.0150. The van der Waals surface area contributed by atoms with Crippen molar-refractivity contribution in [2.45, 2.75) is 19.4 Å². The van der Waals surface area contributed by atoms with Crippen LogP contribution in [0.4, 0.5) is 0 Å². The summed E-state index contributed by atoms with van der Waals surface area (Å²) in [5.41, 5.74) is 8.02. The lowest BCUT2D eigenvalue weighted by molar-refractivity contribution is 0.0790. The van der Waals surface area contributed by atoms with Crippen LogP contribution in [0.5, 0.6) is 0 Å². The molecule has 0 aliphatic carbocycles. The summed E-state index contributed by atoms with van der Waals surface area (Å²) in [6, 6.07) is 7.51. The second-order valence-electron chi connectivity index (χ2n) is 5.31. The zero-order valence-electron chi connectivity index (χ0n) is 12.2. The van der Waals surface area contributed by atoms with E-state index in [0.29, 0.717) is 23.7 Å². The molecular formula is C15H18Cl2N4O. The molecule has 0 saturated carbocycles. The molecule has 1 amide bonds. The summed E-state index contributed by atoms with van der Waals surface area (Å²) < 4.78 is 1.70. The van der Waals surface area contributed by atoms with E-state index in [1.807, 2.05) is 25.1 Å². The second kappa shape index (κ2) is 6.69. The van der Waals surface area contributed by atoms with Crippen molar-refractivity contribution in [1.29, 1.82) is 0 Å². The first kappa shape index (κ1) is 16.8. The Morgan fingerprint density at radius 1 is 1.41 bits per heavy atom. The van der Waals surface area contributed by atoms with E-state index in [-0.39, 0.29) is 24.4 Å². The van der Waals surface area contributed by atoms with Gasteiger partial charge in [0.2, 0.25) is 0 Å². The quantitative estimate of drug-likeness (QED) is 0.912. The zero-order valence-corrected chi connectivity index (χ0v) is 13.8. The van der Waals surface area contributed by atoms with Gasteiger partial charge in [0.05, 0.1) is 28.2 Å². The number of carbonyl (C=O) groups is 1. The summed E-state index contributed by atoms with van der Waals surface area (Å²) in [6.07, 6.45) is 2.45. The van der Waals surface area contributed by atoms with Crippen molar-refractivity contribution in [2.75, 3.05) is 13.1 Å². The number of nitrogens with zero attached hydrogens (tertiary/aromatic N) is 3. The molecule has 1 aromatic heterocycles. The Kier molecular flexibility index (Phi) is 5.11. The third-order valence-electron chi connectivity index (χ3n) is 3.83. The molecule has 1 fully saturated rings. The van der Waals surface area contributed by atoms with E-state index in [4.69, 9.17) is 17.3 Å². The Labute approximate surface area is 140 Å². The maximum Gasteiger partial charge on any atom is 0.257 e. The SMILES string of the molecule is Cc1c(C(=O)N2CC[C@@H](N)C2)cnn1-c1ccccc1Cl.Cl. The third kappa shape index (κ3) is 2.97. The minimum Gasteiger partial charge on any atom is -0.337 e. The molecule has 0 radical (unpaired) electrons. The first-order chi connectivity index (χ1) is 10.1. The number of para-hydroxylation sites is 1. The van der Waals surface area contributed by atoms with E-state index in [1.54, 1.807) is 21.8 Å². The fraction of sp³-hybridized carbons (Fsp3) is 0.333. The molecule has 2 heterocycles. The number of amides is 1. The predicted octanol–water partition coefficient (Wildman–Crippen LogP) is 2.43. The van der Waals surface area contributed by atoms with Gasteiger partial charge in [-0.1, -0.05) is 23.7 Å². The van der Waals surface area contributed by atoms with E-state index >= 15 is 0 Å². The smallest absolute Gasteiger partial charge is 0.257 e. The van der Waals surface area contributed by atoms with Crippen LogP contribution in [-0.2, 0) is 0 Å². The highest BCUT2D eigenvalue weighted by Crippen LogP contribution is 2.23. The minimum atomic E-state index is -0.0150. The Morgan fingerprint density at radius 3 is 2.77 bits per heavy atom. The second-order valence-corrected chi connectivity index (χ2v) is 5.71. The van der Waals surface area contributed by atoms with Crippen LogP contribution in [0.2, 0.25) is 5.02 Å². The first-order valence-corrected chi connectivity index (χ1v) is 7.30. The molecule has 1 aliphatic heterocycles. The van der Waals surface area contributed by atoms with E-state index in [9.17, 15) is 4.79 Å². The molecule has 3 rings (SSSR count). The number of benzene rings is 1. The lowest BCUT2D eigenvalue weighted by Gasteiger charge is -2.15. The van der Waals surface area contributed by atoms with Gasteiger partial charge in [-0.05, 0) is 25.5 Å². The largest absolute Gasteiger partial charge is 0.337 e. The average Bonchev–Trinajstić information content (AvgIpc) is 3.05. The maximum absolute atomic E-state index is 12.5. The van der Waals surface area contributed by atoms with Crippen molar-refractivity contribution < 1.29 is 4.79 Å². The Morgan fingerprint density at radius 2 is 2.14 bits per heavy atom. The molecule has 0 bridgehead atoms. The van der Waals surface area contributed by atoms with Crippen LogP contribution in [0.3, 0.4) is 0 Å². The number of carbonyl (C=O) groups excluding carboxylic acids is 1. The molecule has 0 spiro atoms. The molecule has 2 aromatic rings. The monoisotopic (exact) mass is 340 g/mol. The fourth-order valence-corrected chi connectivity index (χ4v) is 2.84. The van der Waals surface area contributed by atoms with Crippen LogP contribution in [0.15, 0.2) is 30.5 Å². The number of hydrogen-bond donors (Lipinski definition) is 1. The van der Waals surface area contributed by atoms with Gasteiger partial charge in [0.25, 0.3) is 5.91 Å². The number of rotatable bonds is 2. The van der Waals surface area contributed by atoms with Crippen LogP contribution in [0, 0.1) is 6.92 Å². The zero-order chi connectivity index (χ0) is 15.0. The molecular weight excluding hydrogens is 323 g/mol. The maximum atomic E-state index is 12.5. The van der Waals surface area contributed by atoms with E-state index < -0.39 is 0 Å². The Balaban J connectivity index is 0.00000176. The Hall–Kier alpha value is -1.56. The number of hydrogen-bond acceptors (Lipinski definition) is 3. The van der Waals surface area contributed by atoms with Gasteiger partial charge in [-0.3, -0.25) is 4.79 Å². The lowest BCUT2D eigenvalue weighted by atomic mass is 10.2. The molecule has 1 saturated heterocycles. The van der Waals surface area contributed by atoms with Gasteiger partial charge in [0.1, 0.15) is 0 Å². The minimum absolute atomic E-state index is 0. The normalized spacial score (nSPS) is 17.4. The number of likely N-dealkylation sites (tertiary alicyclic amines) is 1. The summed E-state index contributed by atoms with van der Waals surface area (Å²) in [5, 5.41) is 4.91. The van der Waals surface area contributed by atoms with Gasteiger partial charge in [0, 0.05) is 19.1 Å². The Bertz CT molecular complexity index is 686. The average molecular weight is 341 g/mol. The highest BCUT2D eigenvalue weighted by molar-refractivity contribution is 6.32. The van der Waals surface area contributed by atoms with Crippen molar-refractivity contribution in [3.63, 3.8) is 0 Å². The van der Waals surface area contributed by atoms with Gasteiger partial charge >= 0.3 is 0 Å². The fourth-order valence-electron chi connectivity index (χ4n) is 2.63. The topological polar surface area (TPSA) is 64.2 Å². The van der Waals surface area contributed by atoms with E-state index in [2.05, 4.69) is 5.10 Å². The first-order valence-electron chi connectivity index (χ1n) is 6.92. The van der Waals surface area contributed by atoms with Crippen molar-refractivity contribution in [1.82, 2.24) is 14.7 Å². The van der Waals surface area contributed by atoms with Gasteiger partial charge in [-0.15, -0.1) is 12.4 Å². The molecule has 1 atom stereocenters. The van der Waals surface area contributed by atoms with Gasteiger partial charge < -0.3 is 10.6 Å². The highest BCUT2D eigenvalue weighted by atomic mass is 35.5. The van der Waals surface area contributed by atoms with Crippen molar-refractivity contribution in [3.8, 4) is 5.69 Å². The van der Waals surface area contributed by atoms with Gasteiger partial charge in [-0.25, -0.2) is 4.68 Å². The van der Waals surface area contributed by atoms with Crippen LogP contribution in [-0.4, -0.2) is 39.7 Å². The summed E-state index contributed by atoms with van der Waals surface area (Å²) in [6.45, 7) is 3.19. The number of aromatic nitrogens is 2. The highest BCUT2D eigenvalue weighted by Gasteiger charge is 2.27. The van der Waals surface area contributed by atoms with Crippen LogP contribution in [0.1, 0.15) is 22.5 Å². The summed E-state index contributed by atoms with van der Waals surface area (Å²) in [7, 11) is 0. The lowest BCUT2D eigenvalue weighted by Crippen LogP contribution is -2.32. The standard InChI is InChI=1S/C15H17ClN4O.ClH/c1-10-12(15(21)19-7-6-11(17)9-19)8-18-20(10)14-5-3-2-4-13(14)16;/h2-5,8,11H,6-7,9,17H2,1H3;1H/t11-;/m1./s1. The summed E-state index contributed by atoms with van der Waals surface area (Å²) >= 11 is 6.19. The molecule has 7 heteroatoms. The van der Waals surface area contributed by atoms with E-state index in [1.165, 1.54) is 0 Å². The van der Waals surface area contributed by atoms with Crippen molar-refractivity contribution in [3.05, 3.63) is 46.7 Å². The molecule has 5 nitrogen and oxygen atoms in total. The molecule has 0 unspecified atom stereocenters. The van der Waals surface area contributed by atoms with Crippen LogP contribution >= 0.6 is 24.0 Å². The van der Waals surface area contributed by atoms with Gasteiger partial charge in [0.15, 0.2) is 0 Å². The third-order valence-corrected chi connectivity index (χ3v) is 4.15. The van der Waals surface area contributed by atoms with Crippen LogP contribution in [0.25, 0.3) is 5.69 Å². The predicted molar refractivity (Wildman–Crippen MR) is 89.1 cm³/mol.